The molecule has 0 aliphatic carbocycles. The third-order valence-electron chi connectivity index (χ3n) is 1.43. The molecule has 1 N–H and O–H groups in total. The standard InChI is InChI=1S/C7H9ClO3S2/c8-6-2-3-7(12-6)13(10,11)5-1-4-9/h2-3,9H,1,4-5H2. The summed E-state index contributed by atoms with van der Waals surface area (Å²) >= 11 is 6.65. The third-order valence-corrected chi connectivity index (χ3v) is 5.04. The second-order valence-corrected chi connectivity index (χ2v) is 6.51. The fourth-order valence-electron chi connectivity index (χ4n) is 0.820. The molecule has 0 amide bonds. The van der Waals surface area contributed by atoms with Gasteiger partial charge in [0, 0.05) is 6.61 Å². The lowest BCUT2D eigenvalue weighted by atomic mass is 10.5. The zero-order valence-corrected chi connectivity index (χ0v) is 9.12. The summed E-state index contributed by atoms with van der Waals surface area (Å²) in [7, 11) is -3.23. The maximum Gasteiger partial charge on any atom is 0.187 e. The van der Waals surface area contributed by atoms with Gasteiger partial charge >= 0.3 is 0 Å². The Morgan fingerprint density at radius 2 is 2.15 bits per heavy atom. The van der Waals surface area contributed by atoms with Gasteiger partial charge in [0.25, 0.3) is 0 Å². The highest BCUT2D eigenvalue weighted by atomic mass is 35.5. The lowest BCUT2D eigenvalue weighted by Gasteiger charge is -1.98. The SMILES string of the molecule is O=S(=O)(CCCO)c1ccc(Cl)s1. The van der Waals surface area contributed by atoms with Crippen LogP contribution in [0.25, 0.3) is 0 Å². The summed E-state index contributed by atoms with van der Waals surface area (Å²) in [5.74, 6) is -0.0274. The predicted molar refractivity (Wildman–Crippen MR) is 53.1 cm³/mol. The molecule has 0 radical (unpaired) electrons. The zero-order valence-electron chi connectivity index (χ0n) is 6.73. The van der Waals surface area contributed by atoms with Crippen LogP contribution in [-0.2, 0) is 9.84 Å². The molecule has 0 saturated carbocycles. The first kappa shape index (κ1) is 11.0. The predicted octanol–water partition coefficient (Wildman–Crippen LogP) is 1.56. The van der Waals surface area contributed by atoms with Crippen LogP contribution < -0.4 is 0 Å². The van der Waals surface area contributed by atoms with Gasteiger partial charge in [0.05, 0.1) is 10.1 Å². The Hall–Kier alpha value is -0.100. The summed E-state index contributed by atoms with van der Waals surface area (Å²) in [5, 5.41) is 8.49. The molecule has 6 heteroatoms. The van der Waals surface area contributed by atoms with Crippen LogP contribution in [0.15, 0.2) is 16.3 Å². The second-order valence-electron chi connectivity index (χ2n) is 2.45. The summed E-state index contributed by atoms with van der Waals surface area (Å²) in [4.78, 5) is 0. The number of halogens is 1. The zero-order chi connectivity index (χ0) is 9.90. The molecule has 1 rings (SSSR count). The van der Waals surface area contributed by atoms with Gasteiger partial charge in [-0.2, -0.15) is 0 Å². The third kappa shape index (κ3) is 2.95. The van der Waals surface area contributed by atoms with E-state index < -0.39 is 9.84 Å². The van der Waals surface area contributed by atoms with Crippen LogP contribution in [0.5, 0.6) is 0 Å². The van der Waals surface area contributed by atoms with Crippen molar-refractivity contribution >= 4 is 32.8 Å². The Balaban J connectivity index is 2.82. The molecule has 0 atom stereocenters. The van der Waals surface area contributed by atoms with Crippen LogP contribution in [0, 0.1) is 0 Å². The van der Waals surface area contributed by atoms with E-state index in [1.165, 1.54) is 6.07 Å². The average molecular weight is 241 g/mol. The van der Waals surface area contributed by atoms with Crippen molar-refractivity contribution in [1.29, 1.82) is 0 Å². The van der Waals surface area contributed by atoms with Crippen molar-refractivity contribution in [3.63, 3.8) is 0 Å². The molecule has 0 fully saturated rings. The van der Waals surface area contributed by atoms with E-state index in [1.807, 2.05) is 0 Å². The Bertz CT molecular complexity index is 369. The highest BCUT2D eigenvalue weighted by molar-refractivity contribution is 7.93. The highest BCUT2D eigenvalue weighted by Gasteiger charge is 2.15. The van der Waals surface area contributed by atoms with Gasteiger partial charge in [0.1, 0.15) is 4.21 Å². The molecule has 0 aliphatic rings. The molecular formula is C7H9ClO3S2. The summed E-state index contributed by atoms with van der Waals surface area (Å²) in [6.07, 6.45) is 0.262. The van der Waals surface area contributed by atoms with E-state index in [9.17, 15) is 8.42 Å². The molecule has 0 spiro atoms. The van der Waals surface area contributed by atoms with Gasteiger partial charge < -0.3 is 5.11 Å². The molecule has 3 nitrogen and oxygen atoms in total. The summed E-state index contributed by atoms with van der Waals surface area (Å²) in [6.45, 7) is -0.113. The van der Waals surface area contributed by atoms with E-state index in [4.69, 9.17) is 16.7 Å². The minimum Gasteiger partial charge on any atom is -0.396 e. The van der Waals surface area contributed by atoms with E-state index in [-0.39, 0.29) is 23.0 Å². The van der Waals surface area contributed by atoms with Crippen molar-refractivity contribution in [2.24, 2.45) is 0 Å². The maximum atomic E-state index is 11.4. The van der Waals surface area contributed by atoms with Gasteiger partial charge in [-0.1, -0.05) is 11.6 Å². The lowest BCUT2D eigenvalue weighted by molar-refractivity contribution is 0.295. The first-order valence-electron chi connectivity index (χ1n) is 3.65. The molecular weight excluding hydrogens is 232 g/mol. The normalized spacial score (nSPS) is 11.8. The first-order valence-corrected chi connectivity index (χ1v) is 6.50. The fraction of sp³-hybridized carbons (Fsp3) is 0.429. The average Bonchev–Trinajstić information content (AvgIpc) is 2.49. The van der Waals surface area contributed by atoms with Crippen LogP contribution in [0.4, 0.5) is 0 Å². The quantitative estimate of drug-likeness (QED) is 0.869. The monoisotopic (exact) mass is 240 g/mol. The van der Waals surface area contributed by atoms with Crippen molar-refractivity contribution in [2.75, 3.05) is 12.4 Å². The van der Waals surface area contributed by atoms with Crippen LogP contribution in [-0.4, -0.2) is 25.9 Å². The molecule has 0 unspecified atom stereocenters. The Morgan fingerprint density at radius 1 is 1.46 bits per heavy atom. The first-order chi connectivity index (χ1) is 6.06. The largest absolute Gasteiger partial charge is 0.396 e. The van der Waals surface area contributed by atoms with Crippen molar-refractivity contribution in [2.45, 2.75) is 10.6 Å². The lowest BCUT2D eigenvalue weighted by Crippen LogP contribution is -2.06. The maximum absolute atomic E-state index is 11.4. The van der Waals surface area contributed by atoms with Gasteiger partial charge in [0.15, 0.2) is 9.84 Å². The number of aliphatic hydroxyl groups is 1. The number of aliphatic hydroxyl groups excluding tert-OH is 1. The topological polar surface area (TPSA) is 54.4 Å². The van der Waals surface area contributed by atoms with Gasteiger partial charge in [-0.05, 0) is 18.6 Å². The van der Waals surface area contributed by atoms with Crippen molar-refractivity contribution in [3.05, 3.63) is 16.5 Å². The van der Waals surface area contributed by atoms with E-state index >= 15 is 0 Å². The number of hydrogen-bond acceptors (Lipinski definition) is 4. The molecule has 1 aromatic heterocycles. The summed E-state index contributed by atoms with van der Waals surface area (Å²) < 4.78 is 23.6. The summed E-state index contributed by atoms with van der Waals surface area (Å²) in [6, 6.07) is 3.04. The molecule has 13 heavy (non-hydrogen) atoms. The number of sulfone groups is 1. The molecule has 0 aliphatic heterocycles. The molecule has 0 saturated heterocycles. The Morgan fingerprint density at radius 3 is 2.62 bits per heavy atom. The van der Waals surface area contributed by atoms with Crippen molar-refractivity contribution in [3.8, 4) is 0 Å². The van der Waals surface area contributed by atoms with E-state index in [2.05, 4.69) is 0 Å². The van der Waals surface area contributed by atoms with Crippen LogP contribution in [0.3, 0.4) is 0 Å². The smallest absolute Gasteiger partial charge is 0.187 e. The number of hydrogen-bond donors (Lipinski definition) is 1. The fourth-order valence-corrected chi connectivity index (χ4v) is 3.75. The van der Waals surface area contributed by atoms with Crippen molar-refractivity contribution < 1.29 is 13.5 Å². The van der Waals surface area contributed by atoms with E-state index in [0.29, 0.717) is 4.34 Å². The number of thiophene rings is 1. The highest BCUT2D eigenvalue weighted by Crippen LogP contribution is 2.26. The summed E-state index contributed by atoms with van der Waals surface area (Å²) in [5.41, 5.74) is 0. The molecule has 0 aromatic carbocycles. The van der Waals surface area contributed by atoms with Crippen LogP contribution in [0.2, 0.25) is 4.34 Å². The Labute approximate surface area is 85.9 Å². The van der Waals surface area contributed by atoms with E-state index in [0.717, 1.165) is 11.3 Å². The molecule has 1 aromatic rings. The van der Waals surface area contributed by atoms with Gasteiger partial charge in [0.2, 0.25) is 0 Å². The minimum atomic E-state index is -3.23. The number of rotatable bonds is 4. The van der Waals surface area contributed by atoms with E-state index in [1.54, 1.807) is 6.07 Å². The van der Waals surface area contributed by atoms with Crippen LogP contribution >= 0.6 is 22.9 Å². The Kier molecular flexibility index (Phi) is 3.73. The second kappa shape index (κ2) is 4.41. The molecule has 1 heterocycles. The van der Waals surface area contributed by atoms with Gasteiger partial charge in [-0.25, -0.2) is 8.42 Å². The van der Waals surface area contributed by atoms with Gasteiger partial charge in [-0.15, -0.1) is 11.3 Å². The molecule has 74 valence electrons. The van der Waals surface area contributed by atoms with Crippen molar-refractivity contribution in [1.82, 2.24) is 0 Å². The molecule has 0 bridgehead atoms. The van der Waals surface area contributed by atoms with Gasteiger partial charge in [-0.3, -0.25) is 0 Å². The minimum absolute atomic E-state index is 0.0274. The van der Waals surface area contributed by atoms with Crippen LogP contribution in [0.1, 0.15) is 6.42 Å².